The number of carbonyl (C=O) groups is 3. The lowest BCUT2D eigenvalue weighted by molar-refractivity contribution is -0.141. The molecule has 0 bridgehead atoms. The second-order valence-corrected chi connectivity index (χ2v) is 12.2. The van der Waals surface area contributed by atoms with E-state index < -0.39 is 51.7 Å². The van der Waals surface area contributed by atoms with Gasteiger partial charge in [-0.25, -0.2) is 9.78 Å². The van der Waals surface area contributed by atoms with E-state index in [-0.39, 0.29) is 24.7 Å². The van der Waals surface area contributed by atoms with E-state index in [0.717, 1.165) is 11.0 Å². The molecule has 1 saturated heterocycles. The highest BCUT2D eigenvalue weighted by Gasteiger charge is 2.81. The minimum absolute atomic E-state index is 0.119. The number of amides is 3. The molecule has 1 aromatic rings. The number of carbonyl (C=O) groups excluding carboxylic acids is 2. The first-order chi connectivity index (χ1) is 17.3. The smallest absolute Gasteiger partial charge is 0.433 e. The van der Waals surface area contributed by atoms with E-state index in [9.17, 15) is 32.7 Å². The first kappa shape index (κ1) is 29.4. The molecule has 1 aliphatic carbocycles. The van der Waals surface area contributed by atoms with Crippen molar-refractivity contribution in [1.29, 1.82) is 0 Å². The van der Waals surface area contributed by atoms with Crippen LogP contribution in [0.2, 0.25) is 0 Å². The maximum Gasteiger partial charge on any atom is 0.433 e. The summed E-state index contributed by atoms with van der Waals surface area (Å²) in [5, 5.41) is 15.7. The van der Waals surface area contributed by atoms with Crippen LogP contribution < -0.4 is 10.6 Å². The number of hydrogen-bond acceptors (Lipinski definition) is 4. The number of aromatic nitrogens is 1. The Morgan fingerprint density at radius 1 is 1.21 bits per heavy atom. The van der Waals surface area contributed by atoms with Gasteiger partial charge < -0.3 is 15.7 Å². The van der Waals surface area contributed by atoms with Crippen LogP contribution in [0.25, 0.3) is 0 Å². The molecule has 0 radical (unpaired) electrons. The van der Waals surface area contributed by atoms with Crippen molar-refractivity contribution in [2.45, 2.75) is 85.0 Å². The van der Waals surface area contributed by atoms with Gasteiger partial charge in [-0.1, -0.05) is 46.8 Å². The van der Waals surface area contributed by atoms with Crippen molar-refractivity contribution in [2.24, 2.45) is 16.2 Å². The molecular formula is C27H37F3N4O4. The number of fused-ring (bicyclic) bond motifs is 1. The zero-order chi connectivity index (χ0) is 28.9. The number of piperidine rings is 1. The van der Waals surface area contributed by atoms with Crippen LogP contribution >= 0.6 is 0 Å². The fourth-order valence-electron chi connectivity index (χ4n) is 6.04. The molecule has 3 rings (SSSR count). The minimum atomic E-state index is -4.70. The molecular weight excluding hydrogens is 501 g/mol. The molecule has 1 saturated carbocycles. The van der Waals surface area contributed by atoms with Crippen LogP contribution in [0.4, 0.5) is 23.8 Å². The summed E-state index contributed by atoms with van der Waals surface area (Å²) in [6, 6.07) is 0.859. The summed E-state index contributed by atoms with van der Waals surface area (Å²) in [6.45, 7) is 14.7. The summed E-state index contributed by atoms with van der Waals surface area (Å²) < 4.78 is 39.6. The summed E-state index contributed by atoms with van der Waals surface area (Å²) in [7, 11) is 0. The number of aryl methyl sites for hydroxylation is 1. The third-order valence-electron chi connectivity index (χ3n) is 8.21. The third kappa shape index (κ3) is 4.99. The van der Waals surface area contributed by atoms with Gasteiger partial charge in [0.1, 0.15) is 17.6 Å². The topological polar surface area (TPSA) is 112 Å². The zero-order valence-electron chi connectivity index (χ0n) is 22.8. The standard InChI is InChI=1S/C27H37F3N4O4/c1-8-9-12-24(6,7)21(36)31-15-25-13-17(34(22(37)38)26(25,14-25)23(3,4)5)20(35)33-19-16(2)10-11-18(32-19)27(28,29)30/h8,10-11,17H,1,9,12-15H2,2-7H3,(H,31,36)(H,37,38)(H,32,33,35)/t17-,25+,26+/m0/s1. The number of hydrogen-bond donors (Lipinski definition) is 3. The fraction of sp³-hybridized carbons (Fsp3) is 0.630. The van der Waals surface area contributed by atoms with Crippen molar-refractivity contribution in [3.8, 4) is 0 Å². The first-order valence-electron chi connectivity index (χ1n) is 12.6. The maximum absolute atomic E-state index is 13.4. The Morgan fingerprint density at radius 3 is 2.37 bits per heavy atom. The molecule has 0 spiro atoms. The van der Waals surface area contributed by atoms with Gasteiger partial charge >= 0.3 is 12.3 Å². The Balaban J connectivity index is 1.90. The average molecular weight is 539 g/mol. The molecule has 2 fully saturated rings. The molecule has 0 aromatic carbocycles. The number of likely N-dealkylation sites (tertiary alicyclic amines) is 1. The number of anilines is 1. The largest absolute Gasteiger partial charge is 0.465 e. The van der Waals surface area contributed by atoms with E-state index in [1.165, 1.54) is 13.0 Å². The minimum Gasteiger partial charge on any atom is -0.465 e. The van der Waals surface area contributed by atoms with Gasteiger partial charge in [-0.3, -0.25) is 14.5 Å². The molecule has 3 N–H and O–H groups in total. The number of pyridine rings is 1. The number of nitrogens with one attached hydrogen (secondary N) is 2. The van der Waals surface area contributed by atoms with Crippen LogP contribution in [0, 0.1) is 23.2 Å². The van der Waals surface area contributed by atoms with Gasteiger partial charge in [0.15, 0.2) is 0 Å². The van der Waals surface area contributed by atoms with E-state index in [1.807, 2.05) is 34.6 Å². The molecule has 1 aromatic heterocycles. The van der Waals surface area contributed by atoms with Crippen molar-refractivity contribution in [3.05, 3.63) is 36.0 Å². The number of carboxylic acid groups (broad SMARTS) is 1. The van der Waals surface area contributed by atoms with E-state index >= 15 is 0 Å². The van der Waals surface area contributed by atoms with E-state index in [2.05, 4.69) is 22.2 Å². The van der Waals surface area contributed by atoms with Gasteiger partial charge in [-0.05, 0) is 49.7 Å². The molecule has 11 heteroatoms. The Hall–Kier alpha value is -3.11. The van der Waals surface area contributed by atoms with Crippen LogP contribution in [0.5, 0.6) is 0 Å². The summed E-state index contributed by atoms with van der Waals surface area (Å²) in [5.41, 5.74) is -3.75. The van der Waals surface area contributed by atoms with E-state index in [0.29, 0.717) is 24.8 Å². The van der Waals surface area contributed by atoms with Crippen LogP contribution in [0.3, 0.4) is 0 Å². The van der Waals surface area contributed by atoms with Crippen molar-refractivity contribution < 1.29 is 32.7 Å². The number of nitrogens with zero attached hydrogens (tertiary/aromatic N) is 2. The lowest BCUT2D eigenvalue weighted by Crippen LogP contribution is -2.55. The van der Waals surface area contributed by atoms with E-state index in [4.69, 9.17) is 0 Å². The first-order valence-corrected chi connectivity index (χ1v) is 12.6. The molecule has 38 heavy (non-hydrogen) atoms. The van der Waals surface area contributed by atoms with Gasteiger partial charge in [0.25, 0.3) is 0 Å². The Labute approximate surface area is 221 Å². The van der Waals surface area contributed by atoms with Gasteiger partial charge in [-0.2, -0.15) is 13.2 Å². The van der Waals surface area contributed by atoms with E-state index in [1.54, 1.807) is 6.08 Å². The molecule has 3 amide bonds. The second-order valence-electron chi connectivity index (χ2n) is 12.2. The van der Waals surface area contributed by atoms with Crippen LogP contribution in [0.15, 0.2) is 24.8 Å². The summed E-state index contributed by atoms with van der Waals surface area (Å²) in [6.07, 6.45) is -2.43. The zero-order valence-corrected chi connectivity index (χ0v) is 22.8. The molecule has 210 valence electrons. The number of rotatable bonds is 8. The third-order valence-corrected chi connectivity index (χ3v) is 8.21. The SMILES string of the molecule is C=CCCC(C)(C)C(=O)NC[C@]12C[C@@H](C(=O)Nc3nc(C(F)(F)F)ccc3C)N(C(=O)O)[C@@]1(C(C)(C)C)C2. The normalized spacial score (nSPS) is 25.0. The summed E-state index contributed by atoms with van der Waals surface area (Å²) >= 11 is 0. The molecule has 0 unspecified atom stereocenters. The Bertz CT molecular complexity index is 1140. The average Bonchev–Trinajstić information content (AvgIpc) is 3.35. The van der Waals surface area contributed by atoms with Crippen LogP contribution in [-0.4, -0.2) is 51.0 Å². The summed E-state index contributed by atoms with van der Waals surface area (Å²) in [5.74, 6) is -1.20. The van der Waals surface area contributed by atoms with Gasteiger partial charge in [0.2, 0.25) is 11.8 Å². The number of allylic oxidation sites excluding steroid dienone is 1. The lowest BCUT2D eigenvalue weighted by atomic mass is 9.78. The monoisotopic (exact) mass is 538 g/mol. The van der Waals surface area contributed by atoms with Crippen molar-refractivity contribution in [1.82, 2.24) is 15.2 Å². The fourth-order valence-corrected chi connectivity index (χ4v) is 6.04. The lowest BCUT2D eigenvalue weighted by Gasteiger charge is -2.40. The van der Waals surface area contributed by atoms with Crippen molar-refractivity contribution in [2.75, 3.05) is 11.9 Å². The molecule has 3 atom stereocenters. The summed E-state index contributed by atoms with van der Waals surface area (Å²) in [4.78, 5) is 43.7. The quantitative estimate of drug-likeness (QED) is 0.385. The van der Waals surface area contributed by atoms with Crippen molar-refractivity contribution >= 4 is 23.7 Å². The second kappa shape index (κ2) is 9.57. The Kier molecular flexibility index (Phi) is 7.42. The molecule has 8 nitrogen and oxygen atoms in total. The molecule has 2 heterocycles. The predicted molar refractivity (Wildman–Crippen MR) is 136 cm³/mol. The van der Waals surface area contributed by atoms with Crippen LogP contribution in [-0.2, 0) is 15.8 Å². The molecule has 2 aliphatic rings. The van der Waals surface area contributed by atoms with Crippen molar-refractivity contribution in [3.63, 3.8) is 0 Å². The van der Waals surface area contributed by atoms with Gasteiger partial charge in [-0.15, -0.1) is 6.58 Å². The van der Waals surface area contributed by atoms with Crippen LogP contribution in [0.1, 0.15) is 71.6 Å². The number of halogens is 3. The highest BCUT2D eigenvalue weighted by molar-refractivity contribution is 5.97. The highest BCUT2D eigenvalue weighted by atomic mass is 19.4. The van der Waals surface area contributed by atoms with Gasteiger partial charge in [0.05, 0.1) is 5.54 Å². The molecule has 1 aliphatic heterocycles. The highest BCUT2D eigenvalue weighted by Crippen LogP contribution is 2.74. The maximum atomic E-state index is 13.4. The number of alkyl halides is 3. The predicted octanol–water partition coefficient (Wildman–Crippen LogP) is 5.38. The van der Waals surface area contributed by atoms with Gasteiger partial charge in [0, 0.05) is 17.4 Å². The Morgan fingerprint density at radius 2 is 1.84 bits per heavy atom.